The molecule has 1 aromatic heterocycles. The zero-order chi connectivity index (χ0) is 12.4. The Balaban J connectivity index is 2.01. The molecular weight excluding hydrogens is 228 g/mol. The van der Waals surface area contributed by atoms with E-state index in [4.69, 9.17) is 9.47 Å². The highest BCUT2D eigenvalue weighted by atomic mass is 16.6. The summed E-state index contributed by atoms with van der Waals surface area (Å²) in [5.74, 6) is 0.707. The van der Waals surface area contributed by atoms with E-state index >= 15 is 0 Å². The molecule has 1 N–H and O–H groups in total. The van der Waals surface area contributed by atoms with Crippen LogP contribution in [0.4, 0.5) is 0 Å². The number of aromatic nitrogens is 1. The first-order chi connectivity index (χ1) is 8.88. The van der Waals surface area contributed by atoms with Gasteiger partial charge in [0, 0.05) is 18.1 Å². The second-order valence-corrected chi connectivity index (χ2v) is 4.44. The van der Waals surface area contributed by atoms with Crippen molar-refractivity contribution in [2.45, 2.75) is 12.6 Å². The molecule has 94 valence electrons. The van der Waals surface area contributed by atoms with Crippen LogP contribution in [0.15, 0.2) is 30.5 Å². The number of hydrogen-bond donors (Lipinski definition) is 1. The Bertz CT molecular complexity index is 552. The molecule has 0 atom stereocenters. The first-order valence-electron chi connectivity index (χ1n) is 6.14. The van der Waals surface area contributed by atoms with Crippen molar-refractivity contribution < 1.29 is 9.47 Å². The summed E-state index contributed by atoms with van der Waals surface area (Å²) in [7, 11) is 1.94. The van der Waals surface area contributed by atoms with E-state index in [1.807, 2.05) is 25.4 Å². The molecule has 0 radical (unpaired) electrons. The lowest BCUT2D eigenvalue weighted by molar-refractivity contribution is -0.0807. The number of fused-ring (bicyclic) bond motifs is 1. The Morgan fingerprint density at radius 3 is 2.78 bits per heavy atom. The van der Waals surface area contributed by atoms with Gasteiger partial charge in [-0.1, -0.05) is 18.2 Å². The first-order valence-corrected chi connectivity index (χ1v) is 6.14. The highest BCUT2D eigenvalue weighted by Gasteiger charge is 2.21. The van der Waals surface area contributed by atoms with Crippen molar-refractivity contribution in [3.05, 3.63) is 36.0 Å². The quantitative estimate of drug-likeness (QED) is 0.889. The van der Waals surface area contributed by atoms with Gasteiger partial charge >= 0.3 is 0 Å². The fourth-order valence-electron chi connectivity index (χ4n) is 2.09. The van der Waals surface area contributed by atoms with E-state index in [1.165, 1.54) is 10.9 Å². The van der Waals surface area contributed by atoms with Gasteiger partial charge in [0.2, 0.25) is 5.88 Å². The minimum atomic E-state index is 0.149. The third-order valence-corrected chi connectivity index (χ3v) is 3.09. The molecule has 4 heteroatoms. The van der Waals surface area contributed by atoms with Crippen LogP contribution in [0.25, 0.3) is 10.8 Å². The van der Waals surface area contributed by atoms with Gasteiger partial charge < -0.3 is 14.8 Å². The van der Waals surface area contributed by atoms with Crippen LogP contribution >= 0.6 is 0 Å². The molecule has 1 aliphatic rings. The summed E-state index contributed by atoms with van der Waals surface area (Å²) in [6, 6.07) is 8.21. The van der Waals surface area contributed by atoms with Crippen molar-refractivity contribution in [1.29, 1.82) is 0 Å². The van der Waals surface area contributed by atoms with E-state index < -0.39 is 0 Å². The third kappa shape index (κ3) is 2.05. The third-order valence-electron chi connectivity index (χ3n) is 3.09. The molecule has 0 saturated carbocycles. The summed E-state index contributed by atoms with van der Waals surface area (Å²) in [4.78, 5) is 4.43. The Kier molecular flexibility index (Phi) is 3.13. The Hall–Kier alpha value is -1.65. The molecule has 0 unspecified atom stereocenters. The van der Waals surface area contributed by atoms with Crippen molar-refractivity contribution in [2.75, 3.05) is 20.3 Å². The molecule has 1 saturated heterocycles. The largest absolute Gasteiger partial charge is 0.469 e. The minimum absolute atomic E-state index is 0.149. The predicted molar refractivity (Wildman–Crippen MR) is 69.7 cm³/mol. The van der Waals surface area contributed by atoms with Crippen LogP contribution in [0, 0.1) is 0 Å². The lowest BCUT2D eigenvalue weighted by Gasteiger charge is -2.26. The summed E-state index contributed by atoms with van der Waals surface area (Å²) in [5.41, 5.74) is 1.19. The maximum absolute atomic E-state index is 5.84. The second kappa shape index (κ2) is 4.92. The average Bonchev–Trinajstić information content (AvgIpc) is 2.36. The SMILES string of the molecule is CNCc1cnc(OC2COC2)c2ccccc12. The number of nitrogens with one attached hydrogen (secondary N) is 1. The van der Waals surface area contributed by atoms with Gasteiger partial charge in [0.25, 0.3) is 0 Å². The molecule has 0 aliphatic carbocycles. The van der Waals surface area contributed by atoms with Crippen LogP contribution in [-0.4, -0.2) is 31.3 Å². The number of rotatable bonds is 4. The minimum Gasteiger partial charge on any atom is -0.469 e. The Morgan fingerprint density at radius 1 is 1.33 bits per heavy atom. The average molecular weight is 244 g/mol. The maximum Gasteiger partial charge on any atom is 0.221 e. The van der Waals surface area contributed by atoms with Gasteiger partial charge in [-0.05, 0) is 24.1 Å². The maximum atomic E-state index is 5.84. The van der Waals surface area contributed by atoms with E-state index in [0.717, 1.165) is 11.9 Å². The Labute approximate surface area is 106 Å². The smallest absolute Gasteiger partial charge is 0.221 e. The van der Waals surface area contributed by atoms with Crippen LogP contribution in [0.1, 0.15) is 5.56 Å². The van der Waals surface area contributed by atoms with Gasteiger partial charge in [0.1, 0.15) is 6.10 Å². The molecule has 4 nitrogen and oxygen atoms in total. The van der Waals surface area contributed by atoms with E-state index in [-0.39, 0.29) is 6.10 Å². The lowest BCUT2D eigenvalue weighted by Crippen LogP contribution is -2.38. The van der Waals surface area contributed by atoms with Crippen molar-refractivity contribution >= 4 is 10.8 Å². The predicted octanol–water partition coefficient (Wildman–Crippen LogP) is 1.73. The summed E-state index contributed by atoms with van der Waals surface area (Å²) >= 11 is 0. The fourth-order valence-corrected chi connectivity index (χ4v) is 2.09. The zero-order valence-electron chi connectivity index (χ0n) is 10.3. The van der Waals surface area contributed by atoms with Gasteiger partial charge in [-0.3, -0.25) is 0 Å². The van der Waals surface area contributed by atoms with Gasteiger partial charge in [0.15, 0.2) is 0 Å². The van der Waals surface area contributed by atoms with E-state index in [0.29, 0.717) is 19.1 Å². The number of hydrogen-bond acceptors (Lipinski definition) is 4. The molecule has 1 aliphatic heterocycles. The lowest BCUT2D eigenvalue weighted by atomic mass is 10.1. The normalized spacial score (nSPS) is 15.6. The van der Waals surface area contributed by atoms with Crippen molar-refractivity contribution in [1.82, 2.24) is 10.3 Å². The second-order valence-electron chi connectivity index (χ2n) is 4.44. The topological polar surface area (TPSA) is 43.4 Å². The van der Waals surface area contributed by atoms with Crippen molar-refractivity contribution in [2.24, 2.45) is 0 Å². The molecule has 1 fully saturated rings. The summed E-state index contributed by atoms with van der Waals surface area (Å²) < 4.78 is 11.0. The van der Waals surface area contributed by atoms with E-state index in [9.17, 15) is 0 Å². The van der Waals surface area contributed by atoms with Crippen LogP contribution in [-0.2, 0) is 11.3 Å². The molecular formula is C14H16N2O2. The molecule has 2 aromatic rings. The van der Waals surface area contributed by atoms with Crippen LogP contribution in [0.3, 0.4) is 0 Å². The van der Waals surface area contributed by atoms with Gasteiger partial charge in [-0.15, -0.1) is 0 Å². The van der Waals surface area contributed by atoms with Crippen LogP contribution in [0.2, 0.25) is 0 Å². The molecule has 2 heterocycles. The number of ether oxygens (including phenoxy) is 2. The molecule has 1 aromatic carbocycles. The van der Waals surface area contributed by atoms with Crippen LogP contribution in [0.5, 0.6) is 5.88 Å². The zero-order valence-corrected chi connectivity index (χ0v) is 10.3. The summed E-state index contributed by atoms with van der Waals surface area (Å²) in [6.45, 7) is 2.13. The number of pyridine rings is 1. The van der Waals surface area contributed by atoms with Crippen molar-refractivity contribution in [3.8, 4) is 5.88 Å². The monoisotopic (exact) mass is 244 g/mol. The molecule has 3 rings (SSSR count). The van der Waals surface area contributed by atoms with E-state index in [2.05, 4.69) is 22.4 Å². The number of benzene rings is 1. The first kappa shape index (κ1) is 11.4. The fraction of sp³-hybridized carbons (Fsp3) is 0.357. The van der Waals surface area contributed by atoms with Gasteiger partial charge in [-0.2, -0.15) is 0 Å². The van der Waals surface area contributed by atoms with Gasteiger partial charge in [0.05, 0.1) is 13.2 Å². The molecule has 0 amide bonds. The number of nitrogens with zero attached hydrogens (tertiary/aromatic N) is 1. The molecule has 0 spiro atoms. The van der Waals surface area contributed by atoms with Crippen LogP contribution < -0.4 is 10.1 Å². The molecule has 0 bridgehead atoms. The highest BCUT2D eigenvalue weighted by molar-refractivity contribution is 5.89. The van der Waals surface area contributed by atoms with Gasteiger partial charge in [-0.25, -0.2) is 4.98 Å². The summed E-state index contributed by atoms with van der Waals surface area (Å²) in [6.07, 6.45) is 2.03. The standard InChI is InChI=1S/C14H16N2O2/c1-15-6-10-7-16-14(18-11-8-17-9-11)13-5-3-2-4-12(10)13/h2-5,7,11,15H,6,8-9H2,1H3. The highest BCUT2D eigenvalue weighted by Crippen LogP contribution is 2.27. The summed E-state index contributed by atoms with van der Waals surface area (Å²) in [5, 5.41) is 5.42. The molecule has 18 heavy (non-hydrogen) atoms. The van der Waals surface area contributed by atoms with Crippen molar-refractivity contribution in [3.63, 3.8) is 0 Å². The van der Waals surface area contributed by atoms with E-state index in [1.54, 1.807) is 0 Å². The Morgan fingerprint density at radius 2 is 2.11 bits per heavy atom.